The Morgan fingerprint density at radius 3 is 2.63 bits per heavy atom. The molecule has 3 aliphatic rings. The van der Waals surface area contributed by atoms with Crippen molar-refractivity contribution in [2.45, 2.75) is 18.9 Å². The van der Waals surface area contributed by atoms with E-state index in [2.05, 4.69) is 32.1 Å². The minimum atomic E-state index is -0.373. The fourth-order valence-corrected chi connectivity index (χ4v) is 4.35. The average Bonchev–Trinajstić information content (AvgIpc) is 2.84. The third kappa shape index (κ3) is 3.92. The smallest absolute Gasteiger partial charge is 0.263 e. The highest BCUT2D eigenvalue weighted by Crippen LogP contribution is 2.28. The largest absolute Gasteiger partial charge is 0.480 e. The maximum atomic E-state index is 13.0. The van der Waals surface area contributed by atoms with Crippen molar-refractivity contribution >= 4 is 17.4 Å². The number of rotatable bonds is 3. The second-order valence-electron chi connectivity index (χ2n) is 7.94. The van der Waals surface area contributed by atoms with E-state index in [9.17, 15) is 4.79 Å². The van der Waals surface area contributed by atoms with E-state index in [-0.39, 0.29) is 12.0 Å². The Labute approximate surface area is 176 Å². The first-order valence-corrected chi connectivity index (χ1v) is 10.7. The molecule has 2 fully saturated rings. The van der Waals surface area contributed by atoms with Crippen molar-refractivity contribution in [2.24, 2.45) is 0 Å². The molecule has 0 saturated carbocycles. The van der Waals surface area contributed by atoms with Gasteiger partial charge in [0, 0.05) is 45.3 Å². The van der Waals surface area contributed by atoms with E-state index >= 15 is 0 Å². The van der Waals surface area contributed by atoms with Crippen LogP contribution in [0, 0.1) is 0 Å². The van der Waals surface area contributed by atoms with E-state index in [1.165, 1.54) is 5.56 Å². The topological polar surface area (TPSA) is 71.0 Å². The number of anilines is 2. The number of ether oxygens (including phenoxy) is 2. The second kappa shape index (κ2) is 8.47. The molecule has 0 aliphatic carbocycles. The number of morpholine rings is 1. The lowest BCUT2D eigenvalue weighted by Crippen LogP contribution is -2.53. The maximum absolute atomic E-state index is 13.0. The molecule has 0 spiro atoms. The molecule has 1 amide bonds. The summed E-state index contributed by atoms with van der Waals surface area (Å²) < 4.78 is 11.4. The van der Waals surface area contributed by atoms with Crippen molar-refractivity contribution in [1.29, 1.82) is 0 Å². The van der Waals surface area contributed by atoms with Crippen LogP contribution in [0.2, 0.25) is 0 Å². The van der Waals surface area contributed by atoms with Gasteiger partial charge in [0.15, 0.2) is 11.9 Å². The Bertz CT molecular complexity index is 894. The first kappa shape index (κ1) is 19.1. The summed E-state index contributed by atoms with van der Waals surface area (Å²) >= 11 is 0. The third-order valence-electron chi connectivity index (χ3n) is 6.11. The molecule has 30 heavy (non-hydrogen) atoms. The fourth-order valence-electron chi connectivity index (χ4n) is 4.35. The molecule has 2 aromatic rings. The summed E-state index contributed by atoms with van der Waals surface area (Å²) in [6.07, 6.45) is 3.07. The van der Waals surface area contributed by atoms with E-state index in [1.807, 2.05) is 29.3 Å². The number of hydrogen-bond donors (Lipinski definition) is 0. The standard InChI is InChI=1S/C22H27N5O3/c28-22(20-6-5-17-3-1-2-4-19(17)30-20)27-9-7-25(8-10-27)18-15-21(24-23-16-18)26-11-13-29-14-12-26/h1-4,15-16,20H,5-14H2. The van der Waals surface area contributed by atoms with Crippen LogP contribution in [0.3, 0.4) is 0 Å². The van der Waals surface area contributed by atoms with E-state index < -0.39 is 0 Å². The van der Waals surface area contributed by atoms with Gasteiger partial charge in [0.2, 0.25) is 0 Å². The van der Waals surface area contributed by atoms with Crippen LogP contribution in [0.5, 0.6) is 5.75 Å². The SMILES string of the molecule is O=C(C1CCc2ccccc2O1)N1CCN(c2cnnc(N3CCOCC3)c2)CC1. The Kier molecular flexibility index (Phi) is 5.40. The average molecular weight is 409 g/mol. The number of amides is 1. The Balaban J connectivity index is 1.19. The van der Waals surface area contributed by atoms with E-state index in [4.69, 9.17) is 9.47 Å². The first-order chi connectivity index (χ1) is 14.8. The van der Waals surface area contributed by atoms with Crippen LogP contribution in [-0.4, -0.2) is 79.6 Å². The molecular formula is C22H27N5O3. The number of carbonyl (C=O) groups is 1. The van der Waals surface area contributed by atoms with Gasteiger partial charge in [-0.15, -0.1) is 5.10 Å². The number of benzene rings is 1. The number of carbonyl (C=O) groups excluding carboxylic acids is 1. The zero-order valence-corrected chi connectivity index (χ0v) is 17.1. The molecule has 8 nitrogen and oxygen atoms in total. The predicted molar refractivity (Wildman–Crippen MR) is 113 cm³/mol. The van der Waals surface area contributed by atoms with Crippen LogP contribution in [0.15, 0.2) is 36.5 Å². The van der Waals surface area contributed by atoms with Gasteiger partial charge in [-0.25, -0.2) is 0 Å². The van der Waals surface area contributed by atoms with Crippen molar-refractivity contribution in [1.82, 2.24) is 15.1 Å². The van der Waals surface area contributed by atoms with Crippen LogP contribution in [0.4, 0.5) is 11.5 Å². The molecule has 158 valence electrons. The number of aromatic nitrogens is 2. The predicted octanol–water partition coefficient (Wildman–Crippen LogP) is 1.36. The molecule has 1 aromatic heterocycles. The summed E-state index contributed by atoms with van der Waals surface area (Å²) in [7, 11) is 0. The Hall–Kier alpha value is -2.87. The monoisotopic (exact) mass is 409 g/mol. The van der Waals surface area contributed by atoms with Crippen LogP contribution < -0.4 is 14.5 Å². The molecule has 1 unspecified atom stereocenters. The highest BCUT2D eigenvalue weighted by Gasteiger charge is 2.31. The Morgan fingerprint density at radius 2 is 1.80 bits per heavy atom. The maximum Gasteiger partial charge on any atom is 0.263 e. The first-order valence-electron chi connectivity index (χ1n) is 10.7. The molecular weight excluding hydrogens is 382 g/mol. The summed E-state index contributed by atoms with van der Waals surface area (Å²) in [5.74, 6) is 1.84. The lowest BCUT2D eigenvalue weighted by atomic mass is 10.0. The van der Waals surface area contributed by atoms with Gasteiger partial charge in [-0.2, -0.15) is 5.10 Å². The number of aryl methyl sites for hydroxylation is 1. The molecule has 5 rings (SSSR count). The Morgan fingerprint density at radius 1 is 1.00 bits per heavy atom. The van der Waals surface area contributed by atoms with Gasteiger partial charge in [0.25, 0.3) is 5.91 Å². The minimum absolute atomic E-state index is 0.103. The quantitative estimate of drug-likeness (QED) is 0.758. The van der Waals surface area contributed by atoms with Gasteiger partial charge in [0.05, 0.1) is 25.1 Å². The molecule has 0 bridgehead atoms. The van der Waals surface area contributed by atoms with Crippen LogP contribution >= 0.6 is 0 Å². The zero-order chi connectivity index (χ0) is 20.3. The molecule has 0 N–H and O–H groups in total. The van der Waals surface area contributed by atoms with Gasteiger partial charge in [-0.05, 0) is 24.5 Å². The van der Waals surface area contributed by atoms with Crippen LogP contribution in [0.25, 0.3) is 0 Å². The summed E-state index contributed by atoms with van der Waals surface area (Å²) in [4.78, 5) is 19.4. The zero-order valence-electron chi connectivity index (χ0n) is 17.1. The van der Waals surface area contributed by atoms with E-state index in [0.29, 0.717) is 13.1 Å². The summed E-state index contributed by atoms with van der Waals surface area (Å²) in [5, 5.41) is 8.50. The summed E-state index contributed by atoms with van der Waals surface area (Å²) in [5.41, 5.74) is 2.24. The van der Waals surface area contributed by atoms with Gasteiger partial charge in [-0.1, -0.05) is 18.2 Å². The summed E-state index contributed by atoms with van der Waals surface area (Å²) in [6, 6.07) is 10.1. The molecule has 3 aliphatic heterocycles. The summed E-state index contributed by atoms with van der Waals surface area (Å²) in [6.45, 7) is 6.06. The van der Waals surface area contributed by atoms with Crippen LogP contribution in [-0.2, 0) is 16.0 Å². The number of piperazine rings is 1. The van der Waals surface area contributed by atoms with E-state index in [0.717, 1.165) is 69.5 Å². The van der Waals surface area contributed by atoms with Crippen molar-refractivity contribution in [3.63, 3.8) is 0 Å². The highest BCUT2D eigenvalue weighted by molar-refractivity contribution is 5.82. The van der Waals surface area contributed by atoms with Crippen LogP contribution in [0.1, 0.15) is 12.0 Å². The molecule has 8 heteroatoms. The van der Waals surface area contributed by atoms with Crippen molar-refractivity contribution in [3.8, 4) is 5.75 Å². The van der Waals surface area contributed by atoms with Crippen molar-refractivity contribution in [2.75, 3.05) is 62.3 Å². The number of para-hydroxylation sites is 1. The normalized spacial score (nSPS) is 21.7. The molecule has 2 saturated heterocycles. The van der Waals surface area contributed by atoms with Gasteiger partial charge in [0.1, 0.15) is 5.75 Å². The lowest BCUT2D eigenvalue weighted by Gasteiger charge is -2.38. The number of fused-ring (bicyclic) bond motifs is 1. The van der Waals surface area contributed by atoms with Gasteiger partial charge >= 0.3 is 0 Å². The number of nitrogens with zero attached hydrogens (tertiary/aromatic N) is 5. The minimum Gasteiger partial charge on any atom is -0.480 e. The van der Waals surface area contributed by atoms with E-state index in [1.54, 1.807) is 0 Å². The molecule has 1 aromatic carbocycles. The highest BCUT2D eigenvalue weighted by atomic mass is 16.5. The molecule has 4 heterocycles. The number of hydrogen-bond acceptors (Lipinski definition) is 7. The molecule has 1 atom stereocenters. The van der Waals surface area contributed by atoms with Gasteiger partial charge < -0.3 is 24.2 Å². The van der Waals surface area contributed by atoms with Gasteiger partial charge in [-0.3, -0.25) is 4.79 Å². The second-order valence-corrected chi connectivity index (χ2v) is 7.94. The van der Waals surface area contributed by atoms with Crippen molar-refractivity contribution < 1.29 is 14.3 Å². The molecule has 0 radical (unpaired) electrons. The lowest BCUT2D eigenvalue weighted by molar-refractivity contribution is -0.139. The van der Waals surface area contributed by atoms with Crippen molar-refractivity contribution in [3.05, 3.63) is 42.1 Å². The third-order valence-corrected chi connectivity index (χ3v) is 6.11. The fraction of sp³-hybridized carbons (Fsp3) is 0.500.